The van der Waals surface area contributed by atoms with E-state index < -0.39 is 0 Å². The van der Waals surface area contributed by atoms with Gasteiger partial charge in [0.1, 0.15) is 0 Å². The molecule has 0 unspecified atom stereocenters. The van der Waals surface area contributed by atoms with Gasteiger partial charge in [-0.15, -0.1) is 0 Å². The first-order chi connectivity index (χ1) is 7.29. The fraction of sp³-hybridized carbons (Fsp3) is 0.167. The van der Waals surface area contributed by atoms with E-state index in [4.69, 9.17) is 12.2 Å². The van der Waals surface area contributed by atoms with E-state index in [0.29, 0.717) is 17.7 Å². The van der Waals surface area contributed by atoms with Crippen LogP contribution in [0.5, 0.6) is 0 Å². The zero-order valence-corrected chi connectivity index (χ0v) is 9.66. The molecule has 0 saturated carbocycles. The molecule has 0 atom stereocenters. The van der Waals surface area contributed by atoms with E-state index in [9.17, 15) is 4.21 Å². The van der Waals surface area contributed by atoms with Crippen LogP contribution in [-0.2, 0) is 11.3 Å². The van der Waals surface area contributed by atoms with Crippen molar-refractivity contribution < 1.29 is 4.21 Å². The first-order valence-electron chi connectivity index (χ1n) is 4.66. The molecule has 1 radical (unpaired) electrons. The van der Waals surface area contributed by atoms with Gasteiger partial charge in [0.15, 0.2) is 0 Å². The summed E-state index contributed by atoms with van der Waals surface area (Å²) in [4.78, 5) is 1.78. The third kappa shape index (κ3) is 2.49. The number of hydrogen-bond acceptors (Lipinski definition) is 2. The van der Waals surface area contributed by atoms with E-state index in [2.05, 4.69) is 6.08 Å². The Kier molecular flexibility index (Phi) is 3.23. The molecule has 0 aliphatic heterocycles. The quantitative estimate of drug-likeness (QED) is 0.647. The minimum Gasteiger partial charge on any atom is -0.212 e. The predicted octanol–water partition coefficient (Wildman–Crippen LogP) is 2.32. The molecule has 0 aromatic rings. The zero-order chi connectivity index (χ0) is 10.7. The summed E-state index contributed by atoms with van der Waals surface area (Å²) in [5, 5.41) is 0. The third-order valence-electron chi connectivity index (χ3n) is 2.26. The van der Waals surface area contributed by atoms with E-state index in [0.717, 1.165) is 27.3 Å². The Morgan fingerprint density at radius 3 is 2.80 bits per heavy atom. The molecular formula is C12H9OS2. The molecular weight excluding hydrogens is 224 g/mol. The van der Waals surface area contributed by atoms with Crippen LogP contribution >= 0.6 is 12.2 Å². The normalized spacial score (nSPS) is 20.0. The van der Waals surface area contributed by atoms with Crippen LogP contribution in [-0.4, -0.2) is 13.9 Å². The second-order valence-corrected chi connectivity index (χ2v) is 4.54. The zero-order valence-electron chi connectivity index (χ0n) is 8.03. The largest absolute Gasteiger partial charge is 0.212 e. The van der Waals surface area contributed by atoms with Crippen molar-refractivity contribution in [2.75, 3.05) is 0 Å². The molecule has 0 aromatic carbocycles. The lowest BCUT2D eigenvalue weighted by Crippen LogP contribution is -2.02. The second-order valence-electron chi connectivity index (χ2n) is 3.32. The molecule has 0 bridgehead atoms. The highest BCUT2D eigenvalue weighted by Crippen LogP contribution is 2.20. The van der Waals surface area contributed by atoms with Gasteiger partial charge in [-0.1, -0.05) is 30.4 Å². The van der Waals surface area contributed by atoms with Crippen LogP contribution in [0.2, 0.25) is 0 Å². The monoisotopic (exact) mass is 233 g/mol. The van der Waals surface area contributed by atoms with Crippen molar-refractivity contribution in [1.82, 2.24) is 0 Å². The van der Waals surface area contributed by atoms with Crippen LogP contribution in [0.4, 0.5) is 0 Å². The van der Waals surface area contributed by atoms with Crippen molar-refractivity contribution >= 4 is 33.2 Å². The lowest BCUT2D eigenvalue weighted by Gasteiger charge is -2.11. The Bertz CT molecular complexity index is 472. The summed E-state index contributed by atoms with van der Waals surface area (Å²) in [7, 11) is 0. The maximum Gasteiger partial charge on any atom is 0.0923 e. The average Bonchev–Trinajstić information content (AvgIpc) is 2.29. The molecule has 75 valence electrons. The van der Waals surface area contributed by atoms with E-state index >= 15 is 0 Å². The lowest BCUT2D eigenvalue weighted by atomic mass is 9.95. The number of allylic oxidation sites excluding steroid dienone is 8. The van der Waals surface area contributed by atoms with Crippen LogP contribution in [0, 0.1) is 6.08 Å². The van der Waals surface area contributed by atoms with Crippen molar-refractivity contribution in [1.29, 1.82) is 0 Å². The third-order valence-corrected chi connectivity index (χ3v) is 3.06. The lowest BCUT2D eigenvalue weighted by molar-refractivity contribution is 0.701. The highest BCUT2D eigenvalue weighted by Gasteiger charge is 2.08. The van der Waals surface area contributed by atoms with Gasteiger partial charge in [0.25, 0.3) is 0 Å². The van der Waals surface area contributed by atoms with Crippen LogP contribution in [0.15, 0.2) is 41.5 Å². The molecule has 2 rings (SSSR count). The van der Waals surface area contributed by atoms with Gasteiger partial charge in [0, 0.05) is 22.6 Å². The smallest absolute Gasteiger partial charge is 0.0923 e. The first kappa shape index (κ1) is 10.5. The van der Waals surface area contributed by atoms with Gasteiger partial charge >= 0.3 is 0 Å². The summed E-state index contributed by atoms with van der Waals surface area (Å²) >= 11 is 5.70. The Labute approximate surface area is 98.0 Å². The van der Waals surface area contributed by atoms with Gasteiger partial charge in [0.05, 0.1) is 11.3 Å². The second kappa shape index (κ2) is 4.64. The Morgan fingerprint density at radius 1 is 1.33 bits per heavy atom. The summed E-state index contributed by atoms with van der Waals surface area (Å²) in [6.07, 6.45) is 14.5. The fourth-order valence-electron chi connectivity index (χ4n) is 1.48. The van der Waals surface area contributed by atoms with E-state index in [1.54, 1.807) is 0 Å². The number of rotatable bonds is 1. The van der Waals surface area contributed by atoms with Gasteiger partial charge in [0.2, 0.25) is 0 Å². The predicted molar refractivity (Wildman–Crippen MR) is 68.1 cm³/mol. The fourth-order valence-corrected chi connectivity index (χ4v) is 1.96. The summed E-state index contributed by atoms with van der Waals surface area (Å²) < 4.78 is 10.6. The Morgan fingerprint density at radius 2 is 2.20 bits per heavy atom. The molecule has 2 aliphatic carbocycles. The van der Waals surface area contributed by atoms with Gasteiger partial charge in [-0.2, -0.15) is 0 Å². The molecule has 0 amide bonds. The maximum absolute atomic E-state index is 10.6. The topological polar surface area (TPSA) is 17.1 Å². The van der Waals surface area contributed by atoms with Crippen molar-refractivity contribution in [3.63, 3.8) is 0 Å². The highest BCUT2D eigenvalue weighted by molar-refractivity contribution is 7.80. The van der Waals surface area contributed by atoms with E-state index in [-0.39, 0.29) is 0 Å². The number of thiocarbonyl (C=S) groups is 1. The molecule has 0 spiro atoms. The van der Waals surface area contributed by atoms with Crippen molar-refractivity contribution in [3.05, 3.63) is 47.6 Å². The Balaban J connectivity index is 2.24. The molecule has 3 heteroatoms. The van der Waals surface area contributed by atoms with Crippen molar-refractivity contribution in [2.24, 2.45) is 0 Å². The average molecular weight is 233 g/mol. The summed E-state index contributed by atoms with van der Waals surface area (Å²) in [5.41, 5.74) is 2.13. The van der Waals surface area contributed by atoms with Crippen LogP contribution < -0.4 is 0 Å². The molecule has 0 heterocycles. The summed E-state index contributed by atoms with van der Waals surface area (Å²) in [5.74, 6) is 0. The SMILES string of the molecule is O=S=C1C=CC(C2=CC(=S)CC=[C]2)=CC1. The number of hydrogen-bond donors (Lipinski definition) is 0. The highest BCUT2D eigenvalue weighted by atomic mass is 32.1. The summed E-state index contributed by atoms with van der Waals surface area (Å²) in [6.45, 7) is 0. The van der Waals surface area contributed by atoms with Crippen molar-refractivity contribution in [3.8, 4) is 0 Å². The Hall–Kier alpha value is -1.06. The minimum absolute atomic E-state index is 0.557. The van der Waals surface area contributed by atoms with E-state index in [1.165, 1.54) is 0 Å². The van der Waals surface area contributed by atoms with Crippen LogP contribution in [0.1, 0.15) is 12.8 Å². The first-order valence-corrected chi connectivity index (χ1v) is 5.81. The standard InChI is InChI=1S/C12H9OS2/c13-15-12-6-4-9(5-7-12)10-2-1-3-11(14)8-10/h1,4-6,8H,3,7H2. The maximum atomic E-state index is 10.6. The minimum atomic E-state index is 0.557. The van der Waals surface area contributed by atoms with Crippen LogP contribution in [0.25, 0.3) is 0 Å². The molecule has 0 saturated heterocycles. The molecule has 0 N–H and O–H groups in total. The molecule has 15 heavy (non-hydrogen) atoms. The molecule has 0 fully saturated rings. The van der Waals surface area contributed by atoms with Gasteiger partial charge in [-0.05, 0) is 29.4 Å². The van der Waals surface area contributed by atoms with E-state index in [1.807, 2.05) is 30.4 Å². The molecule has 1 nitrogen and oxygen atoms in total. The van der Waals surface area contributed by atoms with Gasteiger partial charge < -0.3 is 0 Å². The molecule has 0 aromatic heterocycles. The van der Waals surface area contributed by atoms with Gasteiger partial charge in [-0.25, -0.2) is 4.21 Å². The van der Waals surface area contributed by atoms with Crippen molar-refractivity contribution in [2.45, 2.75) is 12.8 Å². The van der Waals surface area contributed by atoms with Crippen LogP contribution in [0.3, 0.4) is 0 Å². The molecule has 2 aliphatic rings. The summed E-state index contributed by atoms with van der Waals surface area (Å²) in [6, 6.07) is 0. The van der Waals surface area contributed by atoms with Gasteiger partial charge in [-0.3, -0.25) is 0 Å².